The monoisotopic (exact) mass is 340 g/mol. The first-order valence-electron chi connectivity index (χ1n) is 8.11. The van der Waals surface area contributed by atoms with Crippen molar-refractivity contribution in [1.82, 2.24) is 10.3 Å². The molecule has 0 saturated carbocycles. The number of para-hydroxylation sites is 1. The summed E-state index contributed by atoms with van der Waals surface area (Å²) in [5.74, 6) is 0.934. The van der Waals surface area contributed by atoms with Gasteiger partial charge < -0.3 is 16.0 Å². The zero-order chi connectivity index (χ0) is 16.6. The maximum atomic E-state index is 6.10. The molecule has 4 nitrogen and oxygen atoms in total. The lowest BCUT2D eigenvalue weighted by molar-refractivity contribution is 0.718. The number of nitrogens with zero attached hydrogens (tertiary/aromatic N) is 1. The Bertz CT molecular complexity index is 786. The Morgan fingerprint density at radius 3 is 2.42 bits per heavy atom. The molecule has 0 aliphatic carbocycles. The first-order chi connectivity index (χ1) is 11.8. The van der Waals surface area contributed by atoms with Crippen LogP contribution in [0.25, 0.3) is 10.8 Å². The lowest BCUT2D eigenvalue weighted by Crippen LogP contribution is -2.27. The van der Waals surface area contributed by atoms with Crippen LogP contribution in [0.3, 0.4) is 0 Å². The van der Waals surface area contributed by atoms with Crippen LogP contribution in [0, 0.1) is 0 Å². The fourth-order valence-corrected chi connectivity index (χ4v) is 2.75. The summed E-state index contributed by atoms with van der Waals surface area (Å²) in [6.07, 6.45) is 1.84. The molecule has 1 heterocycles. The van der Waals surface area contributed by atoms with Gasteiger partial charge in [-0.25, -0.2) is 4.98 Å². The molecule has 3 aromatic rings. The fourth-order valence-electron chi connectivity index (χ4n) is 2.54. The molecular weight excluding hydrogens is 320 g/mol. The number of aromatic nitrogens is 1. The molecular formula is C19H21ClN4. The average molecular weight is 341 g/mol. The number of rotatable bonds is 8. The highest BCUT2D eigenvalue weighted by Gasteiger charge is 2.00. The van der Waals surface area contributed by atoms with Crippen LogP contribution >= 0.6 is 11.6 Å². The van der Waals surface area contributed by atoms with Crippen molar-refractivity contribution in [3.8, 4) is 0 Å². The van der Waals surface area contributed by atoms with E-state index in [0.29, 0.717) is 0 Å². The minimum Gasteiger partial charge on any atom is -0.383 e. The van der Waals surface area contributed by atoms with E-state index in [4.69, 9.17) is 11.6 Å². The van der Waals surface area contributed by atoms with Crippen LogP contribution in [0.5, 0.6) is 0 Å². The Kier molecular flexibility index (Phi) is 5.88. The van der Waals surface area contributed by atoms with Crippen LogP contribution in [0.1, 0.15) is 0 Å². The number of pyridine rings is 1. The molecule has 5 heteroatoms. The normalized spacial score (nSPS) is 10.7. The molecule has 2 aromatic carbocycles. The van der Waals surface area contributed by atoms with Gasteiger partial charge in [0.25, 0.3) is 0 Å². The van der Waals surface area contributed by atoms with Gasteiger partial charge in [0.15, 0.2) is 0 Å². The second-order valence-electron chi connectivity index (χ2n) is 5.46. The highest BCUT2D eigenvalue weighted by molar-refractivity contribution is 6.33. The minimum absolute atomic E-state index is 0.751. The summed E-state index contributed by atoms with van der Waals surface area (Å²) < 4.78 is 0. The molecule has 0 fully saturated rings. The van der Waals surface area contributed by atoms with Crippen molar-refractivity contribution in [2.24, 2.45) is 0 Å². The summed E-state index contributed by atoms with van der Waals surface area (Å²) in [5, 5.41) is 13.2. The lowest BCUT2D eigenvalue weighted by Gasteiger charge is -2.11. The Morgan fingerprint density at radius 1 is 0.792 bits per heavy atom. The maximum Gasteiger partial charge on any atom is 0.133 e. The molecule has 24 heavy (non-hydrogen) atoms. The number of hydrogen-bond donors (Lipinski definition) is 3. The Morgan fingerprint density at radius 2 is 1.54 bits per heavy atom. The van der Waals surface area contributed by atoms with Crippen LogP contribution in [-0.2, 0) is 0 Å². The Balaban J connectivity index is 1.37. The number of fused-ring (bicyclic) bond motifs is 1. The van der Waals surface area contributed by atoms with Gasteiger partial charge in [-0.3, -0.25) is 0 Å². The third-order valence-corrected chi connectivity index (χ3v) is 4.09. The van der Waals surface area contributed by atoms with Crippen molar-refractivity contribution < 1.29 is 0 Å². The van der Waals surface area contributed by atoms with E-state index in [2.05, 4.69) is 33.1 Å². The summed E-state index contributed by atoms with van der Waals surface area (Å²) in [6.45, 7) is 3.40. The van der Waals surface area contributed by atoms with Crippen LogP contribution in [0.4, 0.5) is 11.5 Å². The first kappa shape index (κ1) is 16.6. The second-order valence-corrected chi connectivity index (χ2v) is 5.87. The Hall–Kier alpha value is -2.30. The highest BCUT2D eigenvalue weighted by Crippen LogP contribution is 2.20. The first-order valence-corrected chi connectivity index (χ1v) is 8.49. The molecule has 0 unspecified atom stereocenters. The molecule has 0 radical (unpaired) electrons. The summed E-state index contributed by atoms with van der Waals surface area (Å²) in [4.78, 5) is 4.42. The number of nitrogens with one attached hydrogen (secondary N) is 3. The standard InChI is InChI=1S/C19H21ClN4/c20-17-7-3-4-8-18(17)22-13-11-21-12-14-24-19-16-6-2-1-5-15(16)9-10-23-19/h1-10,21-22H,11-14H2,(H,23,24). The van der Waals surface area contributed by atoms with Crippen molar-refractivity contribution in [2.45, 2.75) is 0 Å². The maximum absolute atomic E-state index is 6.10. The fraction of sp³-hybridized carbons (Fsp3) is 0.211. The Labute approximate surface area is 147 Å². The third kappa shape index (κ3) is 4.37. The molecule has 3 rings (SSSR count). The molecule has 124 valence electrons. The van der Waals surface area contributed by atoms with Gasteiger partial charge in [-0.1, -0.05) is 48.0 Å². The van der Waals surface area contributed by atoms with E-state index in [-0.39, 0.29) is 0 Å². The van der Waals surface area contributed by atoms with Gasteiger partial charge in [-0.2, -0.15) is 0 Å². The van der Waals surface area contributed by atoms with Gasteiger partial charge in [0.05, 0.1) is 10.7 Å². The quantitative estimate of drug-likeness (QED) is 0.542. The molecule has 0 amide bonds. The van der Waals surface area contributed by atoms with Crippen LogP contribution in [-0.4, -0.2) is 31.2 Å². The zero-order valence-corrected chi connectivity index (χ0v) is 14.2. The van der Waals surface area contributed by atoms with Gasteiger partial charge in [-0.05, 0) is 23.6 Å². The predicted octanol–water partition coefficient (Wildman–Crippen LogP) is 4.00. The highest BCUT2D eigenvalue weighted by atomic mass is 35.5. The molecule has 0 atom stereocenters. The predicted molar refractivity (Wildman–Crippen MR) is 103 cm³/mol. The molecule has 0 saturated heterocycles. The van der Waals surface area contributed by atoms with Crippen LogP contribution in [0.2, 0.25) is 5.02 Å². The topological polar surface area (TPSA) is 49.0 Å². The second kappa shape index (κ2) is 8.52. The lowest BCUT2D eigenvalue weighted by atomic mass is 10.1. The van der Waals surface area contributed by atoms with E-state index >= 15 is 0 Å². The SMILES string of the molecule is Clc1ccccc1NCCNCCNc1nccc2ccccc12. The van der Waals surface area contributed by atoms with E-state index in [0.717, 1.165) is 48.1 Å². The van der Waals surface area contributed by atoms with Crippen molar-refractivity contribution in [3.63, 3.8) is 0 Å². The largest absolute Gasteiger partial charge is 0.383 e. The molecule has 0 spiro atoms. The van der Waals surface area contributed by atoms with Crippen molar-refractivity contribution >= 4 is 33.9 Å². The van der Waals surface area contributed by atoms with Gasteiger partial charge in [0, 0.05) is 37.8 Å². The van der Waals surface area contributed by atoms with Crippen LogP contribution in [0.15, 0.2) is 60.8 Å². The van der Waals surface area contributed by atoms with Crippen molar-refractivity contribution in [2.75, 3.05) is 36.8 Å². The number of hydrogen-bond acceptors (Lipinski definition) is 4. The van der Waals surface area contributed by atoms with E-state index < -0.39 is 0 Å². The number of benzene rings is 2. The van der Waals surface area contributed by atoms with Crippen molar-refractivity contribution in [3.05, 3.63) is 65.8 Å². The summed E-state index contributed by atoms with van der Waals surface area (Å²) in [6, 6.07) is 18.1. The zero-order valence-electron chi connectivity index (χ0n) is 13.4. The smallest absolute Gasteiger partial charge is 0.133 e. The van der Waals surface area contributed by atoms with Crippen LogP contribution < -0.4 is 16.0 Å². The van der Waals surface area contributed by atoms with Gasteiger partial charge in [-0.15, -0.1) is 0 Å². The van der Waals surface area contributed by atoms with Crippen molar-refractivity contribution in [1.29, 1.82) is 0 Å². The summed E-state index contributed by atoms with van der Waals surface area (Å²) in [5.41, 5.74) is 0.971. The van der Waals surface area contributed by atoms with E-state index in [1.54, 1.807) is 0 Å². The van der Waals surface area contributed by atoms with E-state index in [9.17, 15) is 0 Å². The molecule has 0 aliphatic heterocycles. The third-order valence-electron chi connectivity index (χ3n) is 3.76. The molecule has 3 N–H and O–H groups in total. The van der Waals surface area contributed by atoms with Gasteiger partial charge in [0.2, 0.25) is 0 Å². The van der Waals surface area contributed by atoms with E-state index in [1.807, 2.05) is 48.7 Å². The number of anilines is 2. The van der Waals surface area contributed by atoms with Gasteiger partial charge in [0.1, 0.15) is 5.82 Å². The molecule has 0 aliphatic rings. The molecule has 1 aromatic heterocycles. The van der Waals surface area contributed by atoms with Gasteiger partial charge >= 0.3 is 0 Å². The summed E-state index contributed by atoms with van der Waals surface area (Å²) in [7, 11) is 0. The average Bonchev–Trinajstić information content (AvgIpc) is 2.62. The number of halogens is 1. The minimum atomic E-state index is 0.751. The molecule has 0 bridgehead atoms. The van der Waals surface area contributed by atoms with E-state index in [1.165, 1.54) is 5.39 Å². The summed E-state index contributed by atoms with van der Waals surface area (Å²) >= 11 is 6.10.